The molecule has 5 nitrogen and oxygen atoms in total. The third-order valence-corrected chi connectivity index (χ3v) is 3.69. The maximum absolute atomic E-state index is 12.4. The summed E-state index contributed by atoms with van der Waals surface area (Å²) in [6.07, 6.45) is 3.12. The molecule has 1 saturated heterocycles. The number of nitrogen functional groups attached to an aromatic ring is 1. The van der Waals surface area contributed by atoms with Gasteiger partial charge in [-0.25, -0.2) is 0 Å². The zero-order chi connectivity index (χ0) is 12.6. The Labute approximate surface area is 101 Å². The molecule has 0 aromatic carbocycles. The SMILES string of the molecule is CCC1CCC(C)N1C(=O)c1n[nH]c(C)c1N. The van der Waals surface area contributed by atoms with E-state index in [0.29, 0.717) is 17.4 Å². The van der Waals surface area contributed by atoms with Gasteiger partial charge in [0.05, 0.1) is 11.4 Å². The van der Waals surface area contributed by atoms with E-state index >= 15 is 0 Å². The van der Waals surface area contributed by atoms with Crippen LogP contribution in [0.4, 0.5) is 5.69 Å². The van der Waals surface area contributed by atoms with Crippen molar-refractivity contribution in [2.45, 2.75) is 52.1 Å². The van der Waals surface area contributed by atoms with E-state index in [1.54, 1.807) is 0 Å². The van der Waals surface area contributed by atoms with Gasteiger partial charge in [0.15, 0.2) is 5.69 Å². The first-order chi connectivity index (χ1) is 8.06. The Bertz CT molecular complexity index is 426. The van der Waals surface area contributed by atoms with E-state index in [1.807, 2.05) is 11.8 Å². The molecule has 94 valence electrons. The van der Waals surface area contributed by atoms with E-state index in [9.17, 15) is 4.79 Å². The highest BCUT2D eigenvalue weighted by Crippen LogP contribution is 2.28. The van der Waals surface area contributed by atoms with E-state index in [2.05, 4.69) is 24.0 Å². The van der Waals surface area contributed by atoms with Crippen molar-refractivity contribution in [2.24, 2.45) is 0 Å². The van der Waals surface area contributed by atoms with Gasteiger partial charge in [-0.3, -0.25) is 9.89 Å². The number of anilines is 1. The normalized spacial score (nSPS) is 24.3. The summed E-state index contributed by atoms with van der Waals surface area (Å²) < 4.78 is 0. The fourth-order valence-electron chi connectivity index (χ4n) is 2.56. The highest BCUT2D eigenvalue weighted by atomic mass is 16.2. The van der Waals surface area contributed by atoms with Crippen molar-refractivity contribution in [1.82, 2.24) is 15.1 Å². The predicted molar refractivity (Wildman–Crippen MR) is 66.7 cm³/mol. The lowest BCUT2D eigenvalue weighted by atomic mass is 10.1. The maximum atomic E-state index is 12.4. The topological polar surface area (TPSA) is 75.0 Å². The summed E-state index contributed by atoms with van der Waals surface area (Å²) in [5.41, 5.74) is 7.47. The van der Waals surface area contributed by atoms with Crippen LogP contribution in [0.15, 0.2) is 0 Å². The van der Waals surface area contributed by atoms with Gasteiger partial charge in [0.25, 0.3) is 5.91 Å². The molecule has 0 spiro atoms. The molecular formula is C12H20N4O. The largest absolute Gasteiger partial charge is 0.395 e. The number of aryl methyl sites for hydroxylation is 1. The molecule has 17 heavy (non-hydrogen) atoms. The summed E-state index contributed by atoms with van der Waals surface area (Å²) in [5, 5.41) is 6.79. The van der Waals surface area contributed by atoms with Crippen LogP contribution < -0.4 is 5.73 Å². The van der Waals surface area contributed by atoms with Crippen LogP contribution >= 0.6 is 0 Å². The molecule has 2 atom stereocenters. The number of rotatable bonds is 2. The number of nitrogens with one attached hydrogen (secondary N) is 1. The summed E-state index contributed by atoms with van der Waals surface area (Å²) in [4.78, 5) is 14.4. The van der Waals surface area contributed by atoms with E-state index in [-0.39, 0.29) is 11.9 Å². The molecule has 1 amide bonds. The lowest BCUT2D eigenvalue weighted by Gasteiger charge is -2.27. The average molecular weight is 236 g/mol. The Morgan fingerprint density at radius 1 is 1.59 bits per heavy atom. The van der Waals surface area contributed by atoms with Crippen molar-refractivity contribution in [3.63, 3.8) is 0 Å². The molecule has 1 fully saturated rings. The third kappa shape index (κ3) is 1.90. The first-order valence-corrected chi connectivity index (χ1v) is 6.19. The van der Waals surface area contributed by atoms with E-state index in [4.69, 9.17) is 5.73 Å². The summed E-state index contributed by atoms with van der Waals surface area (Å²) in [6.45, 7) is 6.02. The zero-order valence-corrected chi connectivity index (χ0v) is 10.7. The Morgan fingerprint density at radius 2 is 2.29 bits per heavy atom. The van der Waals surface area contributed by atoms with Gasteiger partial charge in [-0.15, -0.1) is 0 Å². The van der Waals surface area contributed by atoms with Crippen molar-refractivity contribution in [2.75, 3.05) is 5.73 Å². The van der Waals surface area contributed by atoms with Gasteiger partial charge in [-0.2, -0.15) is 5.10 Å². The lowest BCUT2D eigenvalue weighted by molar-refractivity contribution is 0.0671. The minimum Gasteiger partial charge on any atom is -0.395 e. The van der Waals surface area contributed by atoms with Gasteiger partial charge < -0.3 is 10.6 Å². The van der Waals surface area contributed by atoms with Crippen LogP contribution in [-0.2, 0) is 0 Å². The molecule has 0 radical (unpaired) electrons. The summed E-state index contributed by atoms with van der Waals surface area (Å²) in [5.74, 6) is -0.0382. The van der Waals surface area contributed by atoms with E-state index in [1.165, 1.54) is 0 Å². The second-order valence-corrected chi connectivity index (χ2v) is 4.81. The molecule has 3 N–H and O–H groups in total. The Balaban J connectivity index is 2.27. The number of carbonyl (C=O) groups is 1. The number of nitrogens with two attached hydrogens (primary N) is 1. The fraction of sp³-hybridized carbons (Fsp3) is 0.667. The minimum atomic E-state index is -0.0382. The summed E-state index contributed by atoms with van der Waals surface area (Å²) in [7, 11) is 0. The first kappa shape index (κ1) is 12.0. The van der Waals surface area contributed by atoms with Crippen LogP contribution in [0.1, 0.15) is 49.3 Å². The van der Waals surface area contributed by atoms with Gasteiger partial charge in [0.1, 0.15) is 0 Å². The molecule has 1 aromatic heterocycles. The fourth-order valence-corrected chi connectivity index (χ4v) is 2.56. The van der Waals surface area contributed by atoms with E-state index < -0.39 is 0 Å². The average Bonchev–Trinajstić information content (AvgIpc) is 2.83. The Hall–Kier alpha value is -1.52. The van der Waals surface area contributed by atoms with Crippen molar-refractivity contribution >= 4 is 11.6 Å². The highest BCUT2D eigenvalue weighted by molar-refractivity contribution is 5.98. The van der Waals surface area contributed by atoms with Crippen LogP contribution in [0, 0.1) is 6.92 Å². The number of nitrogens with zero attached hydrogens (tertiary/aromatic N) is 2. The maximum Gasteiger partial charge on any atom is 0.277 e. The van der Waals surface area contributed by atoms with Crippen molar-refractivity contribution in [3.8, 4) is 0 Å². The van der Waals surface area contributed by atoms with Crippen molar-refractivity contribution in [1.29, 1.82) is 0 Å². The number of aromatic amines is 1. The van der Waals surface area contributed by atoms with Crippen molar-refractivity contribution < 1.29 is 4.79 Å². The van der Waals surface area contributed by atoms with Crippen LogP contribution in [0.2, 0.25) is 0 Å². The van der Waals surface area contributed by atoms with Gasteiger partial charge in [-0.1, -0.05) is 6.92 Å². The van der Waals surface area contributed by atoms with Crippen LogP contribution in [0.5, 0.6) is 0 Å². The smallest absolute Gasteiger partial charge is 0.277 e. The second-order valence-electron chi connectivity index (χ2n) is 4.81. The molecule has 1 aliphatic rings. The van der Waals surface area contributed by atoms with Crippen LogP contribution in [-0.4, -0.2) is 33.1 Å². The lowest BCUT2D eigenvalue weighted by Crippen LogP contribution is -2.40. The molecule has 0 bridgehead atoms. The molecule has 1 aliphatic heterocycles. The quantitative estimate of drug-likeness (QED) is 0.820. The standard InChI is InChI=1S/C12H20N4O/c1-4-9-6-5-7(2)16(9)12(17)11-10(13)8(3)14-15-11/h7,9H,4-6,13H2,1-3H3,(H,14,15). The third-order valence-electron chi connectivity index (χ3n) is 3.69. The van der Waals surface area contributed by atoms with Crippen LogP contribution in [0.25, 0.3) is 0 Å². The Morgan fingerprint density at radius 3 is 2.82 bits per heavy atom. The Kier molecular flexibility index (Phi) is 3.09. The summed E-state index contributed by atoms with van der Waals surface area (Å²) >= 11 is 0. The van der Waals surface area contributed by atoms with E-state index in [0.717, 1.165) is 25.0 Å². The minimum absolute atomic E-state index is 0.0382. The van der Waals surface area contributed by atoms with Gasteiger partial charge in [0, 0.05) is 12.1 Å². The number of likely N-dealkylation sites (tertiary alicyclic amines) is 1. The van der Waals surface area contributed by atoms with Gasteiger partial charge >= 0.3 is 0 Å². The molecule has 1 aromatic rings. The molecule has 2 unspecified atom stereocenters. The molecular weight excluding hydrogens is 216 g/mol. The van der Waals surface area contributed by atoms with Crippen LogP contribution in [0.3, 0.4) is 0 Å². The first-order valence-electron chi connectivity index (χ1n) is 6.19. The van der Waals surface area contributed by atoms with Gasteiger partial charge in [0.2, 0.25) is 0 Å². The van der Waals surface area contributed by atoms with Crippen molar-refractivity contribution in [3.05, 3.63) is 11.4 Å². The number of amides is 1. The highest BCUT2D eigenvalue weighted by Gasteiger charge is 2.35. The molecule has 2 heterocycles. The number of H-pyrrole nitrogens is 1. The number of aromatic nitrogens is 2. The number of carbonyl (C=O) groups excluding carboxylic acids is 1. The molecule has 0 saturated carbocycles. The zero-order valence-electron chi connectivity index (χ0n) is 10.7. The second kappa shape index (κ2) is 4.39. The predicted octanol–water partition coefficient (Wildman–Crippen LogP) is 1.70. The van der Waals surface area contributed by atoms with Gasteiger partial charge in [-0.05, 0) is 33.1 Å². The molecule has 0 aliphatic carbocycles. The number of hydrogen-bond acceptors (Lipinski definition) is 3. The molecule has 5 heteroatoms. The molecule has 2 rings (SSSR count). The monoisotopic (exact) mass is 236 g/mol. The summed E-state index contributed by atoms with van der Waals surface area (Å²) in [6, 6.07) is 0.609. The number of hydrogen-bond donors (Lipinski definition) is 2.